The zero-order valence-electron chi connectivity index (χ0n) is 14.0. The molecule has 0 aliphatic carbocycles. The second-order valence-electron chi connectivity index (χ2n) is 7.31. The highest BCUT2D eigenvalue weighted by Gasteiger charge is 2.61. The number of hydrogen-bond donors (Lipinski definition) is 0. The van der Waals surface area contributed by atoms with Crippen LogP contribution >= 0.6 is 0 Å². The van der Waals surface area contributed by atoms with Gasteiger partial charge in [-0.3, -0.25) is 0 Å². The molecule has 0 radical (unpaired) electrons. The highest BCUT2D eigenvalue weighted by Crippen LogP contribution is 2.51. The molecule has 3 rings (SSSR count). The van der Waals surface area contributed by atoms with Crippen molar-refractivity contribution < 1.29 is 8.42 Å². The van der Waals surface area contributed by atoms with Crippen molar-refractivity contribution in [3.05, 3.63) is 65.7 Å². The Morgan fingerprint density at radius 1 is 0.913 bits per heavy atom. The van der Waals surface area contributed by atoms with Gasteiger partial charge in [0.1, 0.15) is 0 Å². The summed E-state index contributed by atoms with van der Waals surface area (Å²) in [5.41, 5.74) is 2.28. The summed E-state index contributed by atoms with van der Waals surface area (Å²) in [5, 5.41) is 0. The topological polar surface area (TPSA) is 37.1 Å². The zero-order chi connectivity index (χ0) is 16.8. The predicted octanol–water partition coefficient (Wildman–Crippen LogP) is 3.99. The largest absolute Gasteiger partial charge is 0.243 e. The number of sulfonamides is 1. The second kappa shape index (κ2) is 5.58. The summed E-state index contributed by atoms with van der Waals surface area (Å²) in [5.74, 6) is 0. The number of hydrogen-bond acceptors (Lipinski definition) is 2. The maximum atomic E-state index is 13.1. The first-order chi connectivity index (χ1) is 10.7. The lowest BCUT2D eigenvalue weighted by atomic mass is 10.2. The van der Waals surface area contributed by atoms with E-state index in [0.29, 0.717) is 4.90 Å². The van der Waals surface area contributed by atoms with Crippen molar-refractivity contribution in [2.45, 2.75) is 43.2 Å². The van der Waals surface area contributed by atoms with Gasteiger partial charge in [-0.15, -0.1) is 0 Å². The van der Waals surface area contributed by atoms with Crippen molar-refractivity contribution >= 4 is 18.1 Å². The quantitative estimate of drug-likeness (QED) is 0.621. The van der Waals surface area contributed by atoms with Gasteiger partial charge in [0, 0.05) is 5.67 Å². The van der Waals surface area contributed by atoms with Crippen LogP contribution in [0.2, 0.25) is 19.6 Å². The Balaban J connectivity index is 2.01. The van der Waals surface area contributed by atoms with Gasteiger partial charge < -0.3 is 0 Å². The van der Waals surface area contributed by atoms with Crippen LogP contribution < -0.4 is 0 Å². The van der Waals surface area contributed by atoms with Gasteiger partial charge in [0.05, 0.1) is 19.0 Å². The van der Waals surface area contributed by atoms with Crippen molar-refractivity contribution in [2.75, 3.05) is 0 Å². The van der Waals surface area contributed by atoms with E-state index in [1.807, 2.05) is 49.4 Å². The highest BCUT2D eigenvalue weighted by atomic mass is 32.2. The monoisotopic (exact) mass is 345 g/mol. The summed E-state index contributed by atoms with van der Waals surface area (Å²) in [6.45, 7) is 8.67. The van der Waals surface area contributed by atoms with Crippen LogP contribution in [0.4, 0.5) is 0 Å². The van der Waals surface area contributed by atoms with E-state index >= 15 is 0 Å². The van der Waals surface area contributed by atoms with Crippen molar-refractivity contribution in [1.82, 2.24) is 4.31 Å². The summed E-state index contributed by atoms with van der Waals surface area (Å²) in [6, 6.07) is 17.1. The molecular weight excluding hydrogens is 322 g/mol. The van der Waals surface area contributed by atoms with Gasteiger partial charge in [-0.2, -0.15) is 4.31 Å². The molecule has 0 aromatic heterocycles. The van der Waals surface area contributed by atoms with E-state index in [2.05, 4.69) is 19.6 Å². The molecule has 1 saturated heterocycles. The van der Waals surface area contributed by atoms with E-state index in [1.165, 1.54) is 0 Å². The Labute approximate surface area is 140 Å². The van der Waals surface area contributed by atoms with E-state index in [0.717, 1.165) is 11.1 Å². The van der Waals surface area contributed by atoms with Crippen LogP contribution in [-0.2, 0) is 10.0 Å². The van der Waals surface area contributed by atoms with Gasteiger partial charge in [0.25, 0.3) is 0 Å². The molecule has 3 atom stereocenters. The molecule has 23 heavy (non-hydrogen) atoms. The average molecular weight is 346 g/mol. The minimum atomic E-state index is -3.44. The fraction of sp³-hybridized carbons (Fsp3) is 0.333. The molecule has 2 aromatic rings. The van der Waals surface area contributed by atoms with Gasteiger partial charge in [-0.1, -0.05) is 67.7 Å². The Morgan fingerprint density at radius 3 is 2.00 bits per heavy atom. The lowest BCUT2D eigenvalue weighted by molar-refractivity contribution is 0.551. The standard InChI is InChI=1S/C18H23NO2SSi/c1-14-10-12-16(13-11-14)22(20,21)19-17(18(19)23(2,3)4)15-8-6-5-7-9-15/h5-13,17-18H,1-4H3/t17-,18+,19?/m0/s1. The number of nitrogens with zero attached hydrogens (tertiary/aromatic N) is 1. The van der Waals surface area contributed by atoms with Gasteiger partial charge in [0.15, 0.2) is 0 Å². The Morgan fingerprint density at radius 2 is 1.48 bits per heavy atom. The normalized spacial score (nSPS) is 24.4. The van der Waals surface area contributed by atoms with Crippen LogP contribution in [0, 0.1) is 6.92 Å². The van der Waals surface area contributed by atoms with Crippen LogP contribution in [-0.4, -0.2) is 26.5 Å². The van der Waals surface area contributed by atoms with Crippen LogP contribution in [0.1, 0.15) is 17.2 Å². The molecule has 0 N–H and O–H groups in total. The van der Waals surface area contributed by atoms with E-state index < -0.39 is 18.1 Å². The summed E-state index contributed by atoms with van der Waals surface area (Å²) in [7, 11) is -5.08. The third-order valence-electron chi connectivity index (χ3n) is 4.38. The maximum Gasteiger partial charge on any atom is 0.243 e. The molecule has 0 amide bonds. The maximum absolute atomic E-state index is 13.1. The summed E-state index contributed by atoms with van der Waals surface area (Å²) in [6.07, 6.45) is 0. The van der Waals surface area contributed by atoms with Crippen molar-refractivity contribution in [1.29, 1.82) is 0 Å². The van der Waals surface area contributed by atoms with E-state index in [-0.39, 0.29) is 11.7 Å². The molecule has 1 aliphatic heterocycles. The minimum absolute atomic E-state index is 0.0193. The van der Waals surface area contributed by atoms with Gasteiger partial charge in [-0.05, 0) is 24.6 Å². The minimum Gasteiger partial charge on any atom is -0.207 e. The molecule has 0 saturated carbocycles. The fourth-order valence-corrected chi connectivity index (χ4v) is 8.41. The van der Waals surface area contributed by atoms with Gasteiger partial charge in [-0.25, -0.2) is 8.42 Å². The summed E-state index contributed by atoms with van der Waals surface area (Å²) in [4.78, 5) is 0.393. The molecular formula is C18H23NO2SSi. The molecule has 1 unspecified atom stereocenters. The molecule has 0 bridgehead atoms. The number of benzene rings is 2. The smallest absolute Gasteiger partial charge is 0.207 e. The van der Waals surface area contributed by atoms with Crippen LogP contribution in [0.15, 0.2) is 59.5 Å². The Kier molecular flexibility index (Phi) is 3.98. The molecule has 5 heteroatoms. The average Bonchev–Trinajstić information content (AvgIpc) is 3.25. The SMILES string of the molecule is Cc1ccc(S(=O)(=O)N2[C@H]([Si](C)(C)C)[C@@H]2c2ccccc2)cc1. The molecule has 122 valence electrons. The van der Waals surface area contributed by atoms with Gasteiger partial charge in [0.2, 0.25) is 10.0 Å². The molecule has 3 nitrogen and oxygen atoms in total. The molecule has 1 heterocycles. The molecule has 2 aromatic carbocycles. The van der Waals surface area contributed by atoms with Gasteiger partial charge >= 0.3 is 0 Å². The predicted molar refractivity (Wildman–Crippen MR) is 96.5 cm³/mol. The number of aryl methyl sites for hydroxylation is 1. The van der Waals surface area contributed by atoms with Crippen molar-refractivity contribution in [2.24, 2.45) is 0 Å². The first-order valence-corrected chi connectivity index (χ1v) is 12.9. The third-order valence-corrected chi connectivity index (χ3v) is 8.82. The third kappa shape index (κ3) is 3.01. The van der Waals surface area contributed by atoms with Crippen molar-refractivity contribution in [3.63, 3.8) is 0 Å². The van der Waals surface area contributed by atoms with E-state index in [9.17, 15) is 8.42 Å². The van der Waals surface area contributed by atoms with Crippen molar-refractivity contribution in [3.8, 4) is 0 Å². The van der Waals surface area contributed by atoms with Crippen LogP contribution in [0.25, 0.3) is 0 Å². The lowest BCUT2D eigenvalue weighted by Gasteiger charge is -2.15. The molecule has 1 fully saturated rings. The van der Waals surface area contributed by atoms with Crippen LogP contribution in [0.3, 0.4) is 0 Å². The summed E-state index contributed by atoms with van der Waals surface area (Å²) < 4.78 is 27.9. The summed E-state index contributed by atoms with van der Waals surface area (Å²) >= 11 is 0. The highest BCUT2D eigenvalue weighted by molar-refractivity contribution is 7.89. The van der Waals surface area contributed by atoms with Crippen LogP contribution in [0.5, 0.6) is 0 Å². The Hall–Kier alpha value is -1.43. The Bertz CT molecular complexity index is 795. The van der Waals surface area contributed by atoms with E-state index in [1.54, 1.807) is 16.4 Å². The number of rotatable bonds is 4. The van der Waals surface area contributed by atoms with E-state index in [4.69, 9.17) is 0 Å². The first kappa shape index (κ1) is 16.4. The fourth-order valence-electron chi connectivity index (χ4n) is 3.18. The molecule has 1 aliphatic rings. The molecule has 0 spiro atoms. The lowest BCUT2D eigenvalue weighted by Crippen LogP contribution is -2.33. The zero-order valence-corrected chi connectivity index (χ0v) is 15.8. The second-order valence-corrected chi connectivity index (χ2v) is 14.5. The first-order valence-electron chi connectivity index (χ1n) is 7.88.